The number of halogens is 2. The maximum absolute atomic E-state index is 13.2. The largest absolute Gasteiger partial charge is 0.392 e. The second kappa shape index (κ2) is 5.76. The lowest BCUT2D eigenvalue weighted by molar-refractivity contribution is 0.0263. The van der Waals surface area contributed by atoms with Crippen LogP contribution in [0.15, 0.2) is 18.2 Å². The molecule has 3 N–H and O–H groups in total. The third-order valence-electron chi connectivity index (χ3n) is 3.66. The van der Waals surface area contributed by atoms with E-state index in [1.54, 1.807) is 0 Å². The number of aliphatic hydroxyl groups is 1. The van der Waals surface area contributed by atoms with Crippen molar-refractivity contribution >= 4 is 0 Å². The lowest BCUT2D eigenvalue weighted by Crippen LogP contribution is -2.37. The van der Waals surface area contributed by atoms with Gasteiger partial charge in [-0.2, -0.15) is 0 Å². The highest BCUT2D eigenvalue weighted by molar-refractivity contribution is 5.24. The van der Waals surface area contributed by atoms with Gasteiger partial charge >= 0.3 is 0 Å². The van der Waals surface area contributed by atoms with Gasteiger partial charge in [0.15, 0.2) is 0 Å². The van der Waals surface area contributed by atoms with Crippen LogP contribution in [0.2, 0.25) is 0 Å². The molecule has 0 aromatic heterocycles. The zero-order chi connectivity index (χ0) is 13.9. The Kier molecular flexibility index (Phi) is 4.82. The van der Waals surface area contributed by atoms with Crippen LogP contribution in [-0.2, 0) is 0 Å². The minimum absolute atomic E-state index is 0.146. The topological polar surface area (TPSA) is 46.2 Å². The molecule has 0 saturated carbocycles. The maximum Gasteiger partial charge on any atom is 0.126 e. The van der Waals surface area contributed by atoms with E-state index in [1.807, 2.05) is 20.8 Å². The van der Waals surface area contributed by atoms with Crippen molar-refractivity contribution in [1.29, 1.82) is 0 Å². The lowest BCUT2D eigenvalue weighted by Gasteiger charge is -2.35. The summed E-state index contributed by atoms with van der Waals surface area (Å²) in [6.45, 7) is 5.93. The molecule has 2 nitrogen and oxygen atoms in total. The van der Waals surface area contributed by atoms with Crippen LogP contribution in [0.1, 0.15) is 38.7 Å². The zero-order valence-corrected chi connectivity index (χ0v) is 11.1. The van der Waals surface area contributed by atoms with E-state index in [2.05, 4.69) is 0 Å². The molecule has 0 heterocycles. The number of hydrogen-bond donors (Lipinski definition) is 2. The molecule has 1 aromatic carbocycles. The molecule has 102 valence electrons. The van der Waals surface area contributed by atoms with E-state index in [4.69, 9.17) is 5.73 Å². The second-order valence-corrected chi connectivity index (χ2v) is 5.33. The van der Waals surface area contributed by atoms with E-state index in [1.165, 1.54) is 12.1 Å². The van der Waals surface area contributed by atoms with Crippen LogP contribution in [0.4, 0.5) is 8.78 Å². The van der Waals surface area contributed by atoms with E-state index in [9.17, 15) is 13.9 Å². The fraction of sp³-hybridized carbons (Fsp3) is 0.571. The van der Waals surface area contributed by atoms with Crippen molar-refractivity contribution in [1.82, 2.24) is 0 Å². The molecule has 4 heteroatoms. The third-order valence-corrected chi connectivity index (χ3v) is 3.66. The Bertz CT molecular complexity index is 387. The zero-order valence-electron chi connectivity index (χ0n) is 11.1. The number of nitrogens with two attached hydrogens (primary N) is 1. The average molecular weight is 257 g/mol. The molecule has 0 amide bonds. The fourth-order valence-corrected chi connectivity index (χ4v) is 1.99. The Morgan fingerprint density at radius 3 is 2.11 bits per heavy atom. The highest BCUT2D eigenvalue weighted by Gasteiger charge is 2.33. The molecule has 2 atom stereocenters. The molecule has 0 fully saturated rings. The SMILES string of the molecule is CCC(C)(C)C(O)C(CN)c1cc(F)cc(F)c1. The molecule has 0 bridgehead atoms. The van der Waals surface area contributed by atoms with Gasteiger partial charge in [-0.3, -0.25) is 0 Å². The quantitative estimate of drug-likeness (QED) is 0.852. The number of benzene rings is 1. The van der Waals surface area contributed by atoms with Gasteiger partial charge < -0.3 is 10.8 Å². The Balaban J connectivity index is 3.09. The van der Waals surface area contributed by atoms with Gasteiger partial charge in [-0.25, -0.2) is 8.78 Å². The molecule has 2 unspecified atom stereocenters. The van der Waals surface area contributed by atoms with Gasteiger partial charge in [0, 0.05) is 18.5 Å². The summed E-state index contributed by atoms with van der Waals surface area (Å²) in [6.07, 6.45) is 0.0105. The van der Waals surface area contributed by atoms with E-state index in [-0.39, 0.29) is 12.0 Å². The van der Waals surface area contributed by atoms with Crippen molar-refractivity contribution in [2.45, 2.75) is 39.2 Å². The highest BCUT2D eigenvalue weighted by Crippen LogP contribution is 2.34. The van der Waals surface area contributed by atoms with Gasteiger partial charge in [0.2, 0.25) is 0 Å². The monoisotopic (exact) mass is 257 g/mol. The first-order valence-electron chi connectivity index (χ1n) is 6.16. The van der Waals surface area contributed by atoms with Crippen LogP contribution in [0, 0.1) is 17.0 Å². The first kappa shape index (κ1) is 15.1. The number of aliphatic hydroxyl groups excluding tert-OH is 1. The van der Waals surface area contributed by atoms with Crippen molar-refractivity contribution in [3.05, 3.63) is 35.4 Å². The first-order chi connectivity index (χ1) is 8.31. The van der Waals surface area contributed by atoms with Crippen LogP contribution in [-0.4, -0.2) is 17.8 Å². The van der Waals surface area contributed by atoms with Gasteiger partial charge in [-0.1, -0.05) is 20.8 Å². The lowest BCUT2D eigenvalue weighted by atomic mass is 9.75. The predicted molar refractivity (Wildman–Crippen MR) is 68.2 cm³/mol. The van der Waals surface area contributed by atoms with E-state index < -0.39 is 23.7 Å². The van der Waals surface area contributed by atoms with Crippen molar-refractivity contribution in [2.24, 2.45) is 11.1 Å². The van der Waals surface area contributed by atoms with E-state index >= 15 is 0 Å². The molecule has 0 aliphatic rings. The highest BCUT2D eigenvalue weighted by atomic mass is 19.1. The second-order valence-electron chi connectivity index (χ2n) is 5.33. The van der Waals surface area contributed by atoms with Crippen LogP contribution in [0.25, 0.3) is 0 Å². The summed E-state index contributed by atoms with van der Waals surface area (Å²) in [5, 5.41) is 10.3. The van der Waals surface area contributed by atoms with E-state index in [0.717, 1.165) is 12.5 Å². The van der Waals surface area contributed by atoms with Gasteiger partial charge in [0.25, 0.3) is 0 Å². The third kappa shape index (κ3) is 3.27. The average Bonchev–Trinajstić information content (AvgIpc) is 2.28. The van der Waals surface area contributed by atoms with Crippen molar-refractivity contribution in [3.63, 3.8) is 0 Å². The number of hydrogen-bond acceptors (Lipinski definition) is 2. The van der Waals surface area contributed by atoms with Crippen molar-refractivity contribution in [2.75, 3.05) is 6.54 Å². The summed E-state index contributed by atoms with van der Waals surface area (Å²) in [5.74, 6) is -1.76. The van der Waals surface area contributed by atoms with Gasteiger partial charge in [-0.15, -0.1) is 0 Å². The minimum atomic E-state index is -0.742. The summed E-state index contributed by atoms with van der Waals surface area (Å²) in [7, 11) is 0. The molecule has 0 aliphatic carbocycles. The molecule has 0 aliphatic heterocycles. The normalized spacial score (nSPS) is 15.5. The molecule has 1 aromatic rings. The standard InChI is InChI=1S/C14H21F2NO/c1-4-14(2,3)13(18)12(8-17)9-5-10(15)7-11(16)6-9/h5-7,12-13,18H,4,8,17H2,1-3H3. The summed E-state index contributed by atoms with van der Waals surface area (Å²) in [5.41, 5.74) is 5.70. The molecule has 1 rings (SSSR count). The van der Waals surface area contributed by atoms with Gasteiger partial charge in [0.05, 0.1) is 6.10 Å². The summed E-state index contributed by atoms with van der Waals surface area (Å²) in [4.78, 5) is 0. The maximum atomic E-state index is 13.2. The molecule has 0 radical (unpaired) electrons. The molecule has 18 heavy (non-hydrogen) atoms. The van der Waals surface area contributed by atoms with Gasteiger partial charge in [0.1, 0.15) is 11.6 Å². The van der Waals surface area contributed by atoms with Gasteiger partial charge in [-0.05, 0) is 29.5 Å². The fourth-order valence-electron chi connectivity index (χ4n) is 1.99. The van der Waals surface area contributed by atoms with Crippen LogP contribution < -0.4 is 5.73 Å². The molecular formula is C14H21F2NO. The number of rotatable bonds is 5. The van der Waals surface area contributed by atoms with Crippen LogP contribution in [0.3, 0.4) is 0 Å². The molecule has 0 saturated heterocycles. The van der Waals surface area contributed by atoms with Crippen molar-refractivity contribution in [3.8, 4) is 0 Å². The Hall–Kier alpha value is -1.00. The van der Waals surface area contributed by atoms with Crippen LogP contribution in [0.5, 0.6) is 0 Å². The summed E-state index contributed by atoms with van der Waals surface area (Å²) in [6, 6.07) is 3.28. The minimum Gasteiger partial charge on any atom is -0.392 e. The molecular weight excluding hydrogens is 236 g/mol. The first-order valence-corrected chi connectivity index (χ1v) is 6.16. The van der Waals surface area contributed by atoms with Crippen LogP contribution >= 0.6 is 0 Å². The molecule has 0 spiro atoms. The predicted octanol–water partition coefficient (Wildman–Crippen LogP) is 2.80. The van der Waals surface area contributed by atoms with E-state index in [0.29, 0.717) is 5.56 Å². The Morgan fingerprint density at radius 1 is 1.22 bits per heavy atom. The summed E-state index contributed by atoms with van der Waals surface area (Å²) < 4.78 is 26.4. The smallest absolute Gasteiger partial charge is 0.126 e. The summed E-state index contributed by atoms with van der Waals surface area (Å²) >= 11 is 0. The van der Waals surface area contributed by atoms with Crippen molar-refractivity contribution < 1.29 is 13.9 Å². The Morgan fingerprint density at radius 2 is 1.72 bits per heavy atom. The Labute approximate surface area is 107 Å².